The summed E-state index contributed by atoms with van der Waals surface area (Å²) in [6.45, 7) is 3.78. The number of H-pyrrole nitrogens is 1. The van der Waals surface area contributed by atoms with Gasteiger partial charge in [-0.05, 0) is 30.3 Å². The molecule has 0 aliphatic heterocycles. The Kier molecular flexibility index (Phi) is 3.18. The van der Waals surface area contributed by atoms with Crippen LogP contribution in [0.5, 0.6) is 0 Å². The largest absolute Gasteiger partial charge is 0.234 e. The highest BCUT2D eigenvalue weighted by Gasteiger charge is 2.20. The molecule has 0 saturated heterocycles. The third kappa shape index (κ3) is 2.13. The zero-order chi connectivity index (χ0) is 13.3. The van der Waals surface area contributed by atoms with Gasteiger partial charge in [-0.1, -0.05) is 0 Å². The number of rotatable bonds is 3. The molecule has 2 rings (SSSR count). The Morgan fingerprint density at radius 3 is 2.56 bits per heavy atom. The maximum absolute atomic E-state index is 13.1. The van der Waals surface area contributed by atoms with Gasteiger partial charge >= 0.3 is 0 Å². The fourth-order valence-corrected chi connectivity index (χ4v) is 1.85. The molecule has 0 fully saturated rings. The van der Waals surface area contributed by atoms with Crippen molar-refractivity contribution in [3.8, 4) is 0 Å². The van der Waals surface area contributed by atoms with E-state index >= 15 is 0 Å². The molecule has 1 heterocycles. The first-order chi connectivity index (χ1) is 8.52. The van der Waals surface area contributed by atoms with Crippen LogP contribution in [-0.2, 0) is 6.54 Å². The van der Waals surface area contributed by atoms with Crippen LogP contribution in [0, 0.1) is 30.4 Å². The van der Waals surface area contributed by atoms with Crippen molar-refractivity contribution in [2.24, 2.45) is 5.18 Å². The second kappa shape index (κ2) is 4.64. The molecule has 0 radical (unpaired) electrons. The lowest BCUT2D eigenvalue weighted by Crippen LogP contribution is -2.38. The molecule has 1 aromatic heterocycles. The first kappa shape index (κ1) is 12.3. The van der Waals surface area contributed by atoms with Crippen LogP contribution in [0.3, 0.4) is 0 Å². The predicted molar refractivity (Wildman–Crippen MR) is 61.4 cm³/mol. The van der Waals surface area contributed by atoms with E-state index in [0.29, 0.717) is 29.2 Å². The Labute approximate surface area is 102 Å². The molecule has 1 N–H and O–H groups in total. The molecule has 1 aromatic carbocycles. The van der Waals surface area contributed by atoms with Crippen LogP contribution in [0.1, 0.15) is 17.0 Å². The molecule has 0 spiro atoms. The van der Waals surface area contributed by atoms with Crippen molar-refractivity contribution >= 4 is 5.69 Å². The van der Waals surface area contributed by atoms with E-state index in [1.807, 2.05) is 0 Å². The van der Waals surface area contributed by atoms with Crippen molar-refractivity contribution in [2.75, 3.05) is 0 Å². The highest BCUT2D eigenvalue weighted by molar-refractivity contribution is 5.42. The van der Waals surface area contributed by atoms with Crippen LogP contribution >= 0.6 is 0 Å². The summed E-state index contributed by atoms with van der Waals surface area (Å²) in [6, 6.07) is 3.70. The first-order valence-corrected chi connectivity index (χ1v) is 5.39. The lowest BCUT2D eigenvalue weighted by Gasteiger charge is -1.97. The number of hydrogen-bond acceptors (Lipinski definition) is 2. The monoisotopic (exact) mass is 252 g/mol. The van der Waals surface area contributed by atoms with E-state index in [9.17, 15) is 13.7 Å². The number of aromatic amines is 1. The number of benzene rings is 1. The van der Waals surface area contributed by atoms with Gasteiger partial charge in [0.05, 0.1) is 0 Å². The fourth-order valence-electron chi connectivity index (χ4n) is 1.85. The second-order valence-electron chi connectivity index (χ2n) is 4.10. The Bertz CT molecular complexity index is 608. The molecule has 0 bridgehead atoms. The Balaban J connectivity index is 2.34. The summed E-state index contributed by atoms with van der Waals surface area (Å²) < 4.78 is 27.5. The van der Waals surface area contributed by atoms with Gasteiger partial charge in [-0.2, -0.15) is 5.10 Å². The quantitative estimate of drug-likeness (QED) is 0.662. The molecule has 0 aliphatic carbocycles. The molecule has 0 atom stereocenters. The predicted octanol–water partition coefficient (Wildman–Crippen LogP) is 2.64. The number of nitrogens with zero attached hydrogens (tertiary/aromatic N) is 2. The normalized spacial score (nSPS) is 10.7. The van der Waals surface area contributed by atoms with Crippen molar-refractivity contribution in [3.05, 3.63) is 51.7 Å². The smallest absolute Gasteiger partial charge is 0.204 e. The van der Waals surface area contributed by atoms with Gasteiger partial charge in [0.15, 0.2) is 18.2 Å². The minimum Gasteiger partial charge on any atom is -0.204 e. The topological polar surface area (TPSA) is 49.1 Å². The van der Waals surface area contributed by atoms with Gasteiger partial charge in [-0.25, -0.2) is 8.78 Å². The molecule has 0 saturated carbocycles. The maximum Gasteiger partial charge on any atom is 0.234 e. The van der Waals surface area contributed by atoms with Crippen molar-refractivity contribution in [1.82, 2.24) is 5.10 Å². The minimum absolute atomic E-state index is 0.319. The Morgan fingerprint density at radius 1 is 1.28 bits per heavy atom. The maximum atomic E-state index is 13.1. The van der Waals surface area contributed by atoms with E-state index in [1.165, 1.54) is 6.07 Å². The van der Waals surface area contributed by atoms with Gasteiger partial charge in [-0.15, -0.1) is 9.59 Å². The number of nitroso groups, excluding NO2 is 1. The molecule has 18 heavy (non-hydrogen) atoms. The van der Waals surface area contributed by atoms with Crippen LogP contribution in [0.4, 0.5) is 14.5 Å². The van der Waals surface area contributed by atoms with Gasteiger partial charge in [0.1, 0.15) is 5.69 Å². The van der Waals surface area contributed by atoms with Gasteiger partial charge in [-0.3, -0.25) is 0 Å². The van der Waals surface area contributed by atoms with Crippen molar-refractivity contribution < 1.29 is 13.5 Å². The summed E-state index contributed by atoms with van der Waals surface area (Å²) in [4.78, 5) is 10.6. The summed E-state index contributed by atoms with van der Waals surface area (Å²) in [7, 11) is 0. The summed E-state index contributed by atoms with van der Waals surface area (Å²) in [5.41, 5.74) is 2.25. The molecular formula is C12H12F2N3O+. The van der Waals surface area contributed by atoms with Gasteiger partial charge in [0.25, 0.3) is 0 Å². The van der Waals surface area contributed by atoms with Gasteiger partial charge in [0, 0.05) is 12.5 Å². The third-order valence-electron chi connectivity index (χ3n) is 2.82. The number of halogens is 2. The van der Waals surface area contributed by atoms with Crippen LogP contribution in [0.25, 0.3) is 0 Å². The third-order valence-corrected chi connectivity index (χ3v) is 2.82. The van der Waals surface area contributed by atoms with Gasteiger partial charge in [0.2, 0.25) is 11.4 Å². The van der Waals surface area contributed by atoms with Crippen LogP contribution < -0.4 is 4.68 Å². The molecule has 4 nitrogen and oxygen atoms in total. The number of hydrogen-bond donors (Lipinski definition) is 1. The van der Waals surface area contributed by atoms with E-state index in [1.54, 1.807) is 18.5 Å². The van der Waals surface area contributed by atoms with E-state index in [-0.39, 0.29) is 0 Å². The Hall–Kier alpha value is -2.11. The van der Waals surface area contributed by atoms with E-state index in [2.05, 4.69) is 10.3 Å². The van der Waals surface area contributed by atoms with E-state index < -0.39 is 11.6 Å². The lowest BCUT2D eigenvalue weighted by molar-refractivity contribution is -0.747. The molecule has 2 aromatic rings. The number of aromatic nitrogens is 2. The SMILES string of the molecule is Cc1[nH][n+](Cc2ccc(F)c(F)c2)c(C)c1N=O. The van der Waals surface area contributed by atoms with Crippen molar-refractivity contribution in [2.45, 2.75) is 20.4 Å². The van der Waals surface area contributed by atoms with Crippen LogP contribution in [0.2, 0.25) is 0 Å². The summed E-state index contributed by atoms with van der Waals surface area (Å²) in [5, 5.41) is 5.88. The van der Waals surface area contributed by atoms with Crippen LogP contribution in [-0.4, -0.2) is 5.10 Å². The number of nitrogens with one attached hydrogen (secondary N) is 1. The molecule has 0 unspecified atom stereocenters. The Morgan fingerprint density at radius 2 is 2.00 bits per heavy atom. The highest BCUT2D eigenvalue weighted by Crippen LogP contribution is 2.18. The second-order valence-corrected chi connectivity index (χ2v) is 4.10. The summed E-state index contributed by atoms with van der Waals surface area (Å²) >= 11 is 0. The van der Waals surface area contributed by atoms with Crippen molar-refractivity contribution in [1.29, 1.82) is 0 Å². The standard InChI is InChI=1S/C12H11F2N3O/c1-7-12(16-18)8(2)17(15-7)6-9-3-4-10(13)11(14)5-9/h3-5H,6H2,1-2H3/p+1. The molecule has 94 valence electrons. The van der Waals surface area contributed by atoms with Gasteiger partial charge < -0.3 is 0 Å². The zero-order valence-corrected chi connectivity index (χ0v) is 10.00. The zero-order valence-electron chi connectivity index (χ0n) is 10.00. The molecule has 0 amide bonds. The lowest BCUT2D eigenvalue weighted by atomic mass is 10.2. The van der Waals surface area contributed by atoms with E-state index in [4.69, 9.17) is 0 Å². The highest BCUT2D eigenvalue weighted by atomic mass is 19.2. The molecular weight excluding hydrogens is 240 g/mol. The number of aryl methyl sites for hydroxylation is 1. The molecule has 6 heteroatoms. The molecule has 0 aliphatic rings. The summed E-state index contributed by atoms with van der Waals surface area (Å²) in [6.07, 6.45) is 0. The first-order valence-electron chi connectivity index (χ1n) is 5.39. The summed E-state index contributed by atoms with van der Waals surface area (Å²) in [5.74, 6) is -1.76. The fraction of sp³-hybridized carbons (Fsp3) is 0.250. The van der Waals surface area contributed by atoms with Crippen molar-refractivity contribution in [3.63, 3.8) is 0 Å². The minimum atomic E-state index is -0.886. The van der Waals surface area contributed by atoms with Crippen LogP contribution in [0.15, 0.2) is 23.4 Å². The van der Waals surface area contributed by atoms with E-state index in [0.717, 1.165) is 12.1 Å². The average Bonchev–Trinajstić information content (AvgIpc) is 2.59. The average molecular weight is 252 g/mol.